The second kappa shape index (κ2) is 6.54. The first-order valence-corrected chi connectivity index (χ1v) is 7.89. The highest BCUT2D eigenvalue weighted by Gasteiger charge is 2.39. The highest BCUT2D eigenvalue weighted by Crippen LogP contribution is 2.46. The molecule has 0 N–H and O–H groups in total. The standard InChI is InChI=1S/C15H20BrClO3/c1-18-13-7-10(11(16)8-14(13)19-2)12(17)9-15(20-3)5-4-6-15/h7-8,12H,4-6,9H2,1-3H3. The summed E-state index contributed by atoms with van der Waals surface area (Å²) in [5, 5.41) is -0.121. The highest BCUT2D eigenvalue weighted by atomic mass is 79.9. The maximum atomic E-state index is 6.61. The number of rotatable bonds is 6. The van der Waals surface area contributed by atoms with Crippen molar-refractivity contribution in [1.29, 1.82) is 0 Å². The summed E-state index contributed by atoms with van der Waals surface area (Å²) in [6, 6.07) is 3.83. The van der Waals surface area contributed by atoms with E-state index in [1.807, 2.05) is 12.1 Å². The van der Waals surface area contributed by atoms with Crippen LogP contribution in [0.25, 0.3) is 0 Å². The molecule has 20 heavy (non-hydrogen) atoms. The Morgan fingerprint density at radius 2 is 1.80 bits per heavy atom. The van der Waals surface area contributed by atoms with Crippen LogP contribution in [0.5, 0.6) is 11.5 Å². The van der Waals surface area contributed by atoms with Gasteiger partial charge in [0.15, 0.2) is 11.5 Å². The lowest BCUT2D eigenvalue weighted by Gasteiger charge is -2.42. The lowest BCUT2D eigenvalue weighted by atomic mass is 9.76. The molecule has 1 unspecified atom stereocenters. The number of benzene rings is 1. The van der Waals surface area contributed by atoms with Gasteiger partial charge in [-0.3, -0.25) is 0 Å². The molecule has 0 spiro atoms. The molecule has 3 nitrogen and oxygen atoms in total. The van der Waals surface area contributed by atoms with E-state index in [9.17, 15) is 0 Å². The van der Waals surface area contributed by atoms with Gasteiger partial charge < -0.3 is 14.2 Å². The maximum absolute atomic E-state index is 6.61. The van der Waals surface area contributed by atoms with Crippen molar-refractivity contribution in [2.75, 3.05) is 21.3 Å². The van der Waals surface area contributed by atoms with Gasteiger partial charge in [-0.1, -0.05) is 15.9 Å². The molecule has 0 radical (unpaired) electrons. The topological polar surface area (TPSA) is 27.7 Å². The minimum absolute atomic E-state index is 0.0565. The fraction of sp³-hybridized carbons (Fsp3) is 0.600. The van der Waals surface area contributed by atoms with Crippen LogP contribution in [0.4, 0.5) is 0 Å². The van der Waals surface area contributed by atoms with E-state index in [0.29, 0.717) is 11.5 Å². The Balaban J connectivity index is 2.23. The fourth-order valence-electron chi connectivity index (χ4n) is 2.61. The minimum atomic E-state index is -0.121. The van der Waals surface area contributed by atoms with Crippen molar-refractivity contribution in [3.8, 4) is 11.5 Å². The number of hydrogen-bond donors (Lipinski definition) is 0. The Morgan fingerprint density at radius 1 is 1.20 bits per heavy atom. The third-order valence-corrected chi connectivity index (χ3v) is 5.17. The van der Waals surface area contributed by atoms with Crippen molar-refractivity contribution in [3.05, 3.63) is 22.2 Å². The molecule has 0 amide bonds. The number of methoxy groups -OCH3 is 3. The fourth-order valence-corrected chi connectivity index (χ4v) is 3.80. The molecule has 1 saturated carbocycles. The predicted octanol–water partition coefficient (Wildman–Crippen LogP) is 4.71. The lowest BCUT2D eigenvalue weighted by Crippen LogP contribution is -2.39. The average Bonchev–Trinajstić information content (AvgIpc) is 2.42. The maximum Gasteiger partial charge on any atom is 0.161 e. The summed E-state index contributed by atoms with van der Waals surface area (Å²) in [5.74, 6) is 1.38. The van der Waals surface area contributed by atoms with E-state index >= 15 is 0 Å². The van der Waals surface area contributed by atoms with Gasteiger partial charge in [0.25, 0.3) is 0 Å². The van der Waals surface area contributed by atoms with Crippen LogP contribution < -0.4 is 9.47 Å². The van der Waals surface area contributed by atoms with Gasteiger partial charge in [0.05, 0.1) is 25.2 Å². The summed E-state index contributed by atoms with van der Waals surface area (Å²) in [4.78, 5) is 0. The van der Waals surface area contributed by atoms with Gasteiger partial charge in [-0.2, -0.15) is 0 Å². The third-order valence-electron chi connectivity index (χ3n) is 4.09. The Hall–Kier alpha value is -0.450. The molecule has 2 rings (SSSR count). The smallest absolute Gasteiger partial charge is 0.161 e. The van der Waals surface area contributed by atoms with Gasteiger partial charge in [-0.25, -0.2) is 0 Å². The molecule has 0 heterocycles. The second-order valence-corrected chi connectivity index (χ2v) is 6.52. The van der Waals surface area contributed by atoms with Crippen molar-refractivity contribution in [2.45, 2.75) is 36.7 Å². The summed E-state index contributed by atoms with van der Waals surface area (Å²) in [7, 11) is 5.02. The average molecular weight is 364 g/mol. The molecule has 0 saturated heterocycles. The molecule has 1 atom stereocenters. The van der Waals surface area contributed by atoms with Gasteiger partial charge in [-0.15, -0.1) is 11.6 Å². The van der Waals surface area contributed by atoms with Crippen LogP contribution in [0.2, 0.25) is 0 Å². The minimum Gasteiger partial charge on any atom is -0.493 e. The first-order chi connectivity index (χ1) is 9.55. The SMILES string of the molecule is COc1cc(Br)c(C(Cl)CC2(OC)CCC2)cc1OC. The number of ether oxygens (including phenoxy) is 3. The van der Waals surface area contributed by atoms with Crippen LogP contribution in [0.1, 0.15) is 36.6 Å². The zero-order valence-electron chi connectivity index (χ0n) is 12.0. The van der Waals surface area contributed by atoms with Gasteiger partial charge >= 0.3 is 0 Å². The van der Waals surface area contributed by atoms with Crippen LogP contribution in [-0.2, 0) is 4.74 Å². The molecule has 1 fully saturated rings. The van der Waals surface area contributed by atoms with Crippen LogP contribution in [0, 0.1) is 0 Å². The van der Waals surface area contributed by atoms with E-state index in [4.69, 9.17) is 25.8 Å². The predicted molar refractivity (Wildman–Crippen MR) is 84.0 cm³/mol. The van der Waals surface area contributed by atoms with Crippen molar-refractivity contribution < 1.29 is 14.2 Å². The van der Waals surface area contributed by atoms with Crippen LogP contribution >= 0.6 is 27.5 Å². The Morgan fingerprint density at radius 3 is 2.25 bits per heavy atom. The Kier molecular flexibility index (Phi) is 5.21. The first-order valence-electron chi connectivity index (χ1n) is 6.66. The van der Waals surface area contributed by atoms with E-state index < -0.39 is 0 Å². The van der Waals surface area contributed by atoms with Gasteiger partial charge in [-0.05, 0) is 43.4 Å². The van der Waals surface area contributed by atoms with Crippen molar-refractivity contribution in [2.24, 2.45) is 0 Å². The molecule has 0 bridgehead atoms. The van der Waals surface area contributed by atoms with Crippen LogP contribution in [-0.4, -0.2) is 26.9 Å². The molecular formula is C15H20BrClO3. The number of hydrogen-bond acceptors (Lipinski definition) is 3. The number of halogens is 2. The van der Waals surface area contributed by atoms with E-state index in [1.165, 1.54) is 6.42 Å². The van der Waals surface area contributed by atoms with E-state index in [0.717, 1.165) is 29.3 Å². The molecular weight excluding hydrogens is 344 g/mol. The van der Waals surface area contributed by atoms with E-state index in [2.05, 4.69) is 15.9 Å². The highest BCUT2D eigenvalue weighted by molar-refractivity contribution is 9.10. The molecule has 1 aromatic carbocycles. The lowest BCUT2D eigenvalue weighted by molar-refractivity contribution is -0.0780. The third kappa shape index (κ3) is 3.07. The summed E-state index contributed by atoms with van der Waals surface area (Å²) in [5.41, 5.74) is 0.951. The molecule has 5 heteroatoms. The number of alkyl halides is 1. The van der Waals surface area contributed by atoms with Gasteiger partial charge in [0, 0.05) is 11.6 Å². The summed E-state index contributed by atoms with van der Waals surface area (Å²) in [6.07, 6.45) is 4.18. The van der Waals surface area contributed by atoms with Crippen molar-refractivity contribution in [3.63, 3.8) is 0 Å². The Labute approximate surface area is 133 Å². The molecule has 0 aromatic heterocycles. The van der Waals surface area contributed by atoms with Crippen molar-refractivity contribution >= 4 is 27.5 Å². The summed E-state index contributed by atoms with van der Waals surface area (Å²) >= 11 is 10.2. The first kappa shape index (κ1) is 15.9. The zero-order chi connectivity index (χ0) is 14.8. The molecule has 0 aliphatic heterocycles. The normalized spacial score (nSPS) is 18.2. The monoisotopic (exact) mass is 362 g/mol. The van der Waals surface area contributed by atoms with Gasteiger partial charge in [0.1, 0.15) is 0 Å². The van der Waals surface area contributed by atoms with E-state index in [1.54, 1.807) is 21.3 Å². The second-order valence-electron chi connectivity index (χ2n) is 5.14. The molecule has 1 aliphatic carbocycles. The van der Waals surface area contributed by atoms with Crippen molar-refractivity contribution in [1.82, 2.24) is 0 Å². The Bertz CT molecular complexity index is 469. The van der Waals surface area contributed by atoms with E-state index in [-0.39, 0.29) is 11.0 Å². The quantitative estimate of drug-likeness (QED) is 0.685. The van der Waals surface area contributed by atoms with Gasteiger partial charge in [0.2, 0.25) is 0 Å². The largest absolute Gasteiger partial charge is 0.493 e. The summed E-state index contributed by atoms with van der Waals surface area (Å²) in [6.45, 7) is 0. The molecule has 1 aliphatic rings. The van der Waals surface area contributed by atoms with Crippen LogP contribution in [0.15, 0.2) is 16.6 Å². The molecule has 112 valence electrons. The zero-order valence-corrected chi connectivity index (χ0v) is 14.4. The molecule has 1 aromatic rings. The summed E-state index contributed by atoms with van der Waals surface area (Å²) < 4.78 is 17.2. The van der Waals surface area contributed by atoms with Crippen LogP contribution in [0.3, 0.4) is 0 Å².